The van der Waals surface area contributed by atoms with E-state index in [1.165, 1.54) is 21.5 Å². The number of hydrogen-bond donors (Lipinski definition) is 0. The summed E-state index contributed by atoms with van der Waals surface area (Å²) in [6.07, 6.45) is 0. The minimum Gasteiger partial charge on any atom is -0.455 e. The highest BCUT2D eigenvalue weighted by Gasteiger charge is 2.28. The Morgan fingerprint density at radius 1 is 0.193 bits per heavy atom. The smallest absolute Gasteiger partial charge is 0.167 e. The van der Waals surface area contributed by atoms with Gasteiger partial charge in [-0.3, -0.25) is 0 Å². The minimum absolute atomic E-state index is 0.502. The van der Waals surface area contributed by atoms with Crippen LogP contribution in [0.15, 0.2) is 353 Å². The first-order valence-electron chi connectivity index (χ1n) is 36.6. The number of furan rings is 3. The van der Waals surface area contributed by atoms with E-state index in [1.54, 1.807) is 0 Å². The molecule has 0 N–H and O–H groups in total. The second kappa shape index (κ2) is 23.8. The molecule has 11 heteroatoms. The van der Waals surface area contributed by atoms with Crippen LogP contribution in [0.5, 0.6) is 0 Å². The van der Waals surface area contributed by atoms with Crippen LogP contribution in [0, 0.1) is 0 Å². The van der Waals surface area contributed by atoms with Crippen LogP contribution in [0.1, 0.15) is 0 Å². The van der Waals surface area contributed by atoms with Crippen molar-refractivity contribution in [3.63, 3.8) is 0 Å². The van der Waals surface area contributed by atoms with Crippen LogP contribution < -0.4 is 0 Å². The summed E-state index contributed by atoms with van der Waals surface area (Å²) in [5, 5.41) is 14.9. The van der Waals surface area contributed by atoms with E-state index in [4.69, 9.17) is 43.2 Å². The maximum Gasteiger partial charge on any atom is 0.167 e. The number of rotatable bonds is 10. The first-order valence-corrected chi connectivity index (χ1v) is 36.6. The maximum atomic E-state index is 7.15. The van der Waals surface area contributed by atoms with Gasteiger partial charge < -0.3 is 22.4 Å². The van der Waals surface area contributed by atoms with Crippen LogP contribution in [0.3, 0.4) is 0 Å². The predicted octanol–water partition coefficient (Wildman–Crippen LogP) is 25.6. The molecule has 16 aromatic carbocycles. The molecule has 7 aromatic heterocycles. The average molecular weight is 1390 g/mol. The minimum atomic E-state index is 0.502. The lowest BCUT2D eigenvalue weighted by molar-refractivity contribution is 0.666. The number of hydrogen-bond acceptors (Lipinski definition) is 9. The van der Waals surface area contributed by atoms with Crippen LogP contribution in [0.2, 0.25) is 0 Å². The Labute approximate surface area is 621 Å². The van der Waals surface area contributed by atoms with Crippen molar-refractivity contribution in [2.24, 2.45) is 0 Å². The third-order valence-corrected chi connectivity index (χ3v) is 21.8. The van der Waals surface area contributed by atoms with Gasteiger partial charge in [0.05, 0.1) is 39.0 Å². The fourth-order valence-electron chi connectivity index (χ4n) is 17.0. The molecule has 0 amide bonds. The zero-order chi connectivity index (χ0) is 71.4. The molecule has 7 heterocycles. The molecule has 0 aliphatic heterocycles. The van der Waals surface area contributed by atoms with Gasteiger partial charge >= 0.3 is 0 Å². The van der Waals surface area contributed by atoms with E-state index in [9.17, 15) is 0 Å². The van der Waals surface area contributed by atoms with Crippen molar-refractivity contribution in [2.75, 3.05) is 0 Å². The van der Waals surface area contributed by atoms with Gasteiger partial charge in [-0.2, -0.15) is 0 Å². The van der Waals surface area contributed by atoms with Crippen LogP contribution >= 0.6 is 0 Å². The Morgan fingerprint density at radius 2 is 0.596 bits per heavy atom. The van der Waals surface area contributed by atoms with Crippen molar-refractivity contribution in [3.05, 3.63) is 340 Å². The van der Waals surface area contributed by atoms with E-state index in [0.717, 1.165) is 165 Å². The van der Waals surface area contributed by atoms with E-state index >= 15 is 0 Å². The molecule has 0 atom stereocenters. The highest BCUT2D eigenvalue weighted by Crippen LogP contribution is 2.48. The highest BCUT2D eigenvalue weighted by molar-refractivity contribution is 6.25. The van der Waals surface area contributed by atoms with E-state index in [2.05, 4.69) is 258 Å². The first-order chi connectivity index (χ1) is 54.0. The second-order valence-corrected chi connectivity index (χ2v) is 27.9. The molecule has 0 spiro atoms. The van der Waals surface area contributed by atoms with Crippen molar-refractivity contribution in [2.45, 2.75) is 0 Å². The molecular weight excluding hydrogens is 1340 g/mol. The van der Waals surface area contributed by atoms with Crippen molar-refractivity contribution in [1.82, 2.24) is 39.0 Å². The normalized spacial score (nSPS) is 12.0. The van der Waals surface area contributed by atoms with Crippen LogP contribution in [-0.4, -0.2) is 39.0 Å². The largest absolute Gasteiger partial charge is 0.455 e. The molecule has 0 bridgehead atoms. The van der Waals surface area contributed by atoms with E-state index in [1.807, 2.05) is 91.0 Å². The van der Waals surface area contributed by atoms with Crippen molar-refractivity contribution >= 4 is 131 Å². The van der Waals surface area contributed by atoms with E-state index in [-0.39, 0.29) is 0 Å². The molecule has 0 fully saturated rings. The van der Waals surface area contributed by atoms with Crippen LogP contribution in [0.4, 0.5) is 0 Å². The van der Waals surface area contributed by atoms with Crippen LogP contribution in [0.25, 0.3) is 233 Å². The summed E-state index contributed by atoms with van der Waals surface area (Å²) in [5.74, 6) is 3.16. The quantitative estimate of drug-likeness (QED) is 0.131. The van der Waals surface area contributed by atoms with Gasteiger partial charge in [0.25, 0.3) is 0 Å². The lowest BCUT2D eigenvalue weighted by Crippen LogP contribution is -2.02. The molecule has 0 saturated carbocycles. The third-order valence-electron chi connectivity index (χ3n) is 21.8. The molecule has 11 nitrogen and oxygen atoms in total. The average Bonchev–Trinajstić information content (AvgIpc) is 1.59. The summed E-state index contributed by atoms with van der Waals surface area (Å²) >= 11 is 0. The van der Waals surface area contributed by atoms with Gasteiger partial charge in [-0.25, -0.2) is 29.9 Å². The van der Waals surface area contributed by atoms with Crippen molar-refractivity contribution < 1.29 is 13.3 Å². The van der Waals surface area contributed by atoms with Gasteiger partial charge in [-0.05, 0) is 129 Å². The lowest BCUT2D eigenvalue weighted by atomic mass is 9.97. The van der Waals surface area contributed by atoms with E-state index in [0.29, 0.717) is 46.1 Å². The zero-order valence-electron chi connectivity index (χ0n) is 58.1. The molecule has 23 aromatic rings. The summed E-state index contributed by atoms with van der Waals surface area (Å²) in [7, 11) is 0. The number of fused-ring (bicyclic) bond motifs is 19. The molecule has 0 saturated heterocycles. The number of aromatic nitrogens is 8. The van der Waals surface area contributed by atoms with Gasteiger partial charge in [0.1, 0.15) is 22.3 Å². The summed E-state index contributed by atoms with van der Waals surface area (Å²) in [5.41, 5.74) is 19.6. The molecule has 0 unspecified atom stereocenters. The summed E-state index contributed by atoms with van der Waals surface area (Å²) in [6.45, 7) is 0. The third kappa shape index (κ3) is 9.36. The predicted molar refractivity (Wildman–Crippen MR) is 442 cm³/mol. The molecule has 109 heavy (non-hydrogen) atoms. The monoisotopic (exact) mass is 1390 g/mol. The molecule has 0 radical (unpaired) electrons. The van der Waals surface area contributed by atoms with Gasteiger partial charge in [0.2, 0.25) is 0 Å². The van der Waals surface area contributed by atoms with Gasteiger partial charge in [-0.15, -0.1) is 0 Å². The Bertz CT molecular complexity index is 7760. The van der Waals surface area contributed by atoms with Crippen molar-refractivity contribution in [1.29, 1.82) is 0 Å². The number of benzene rings is 16. The lowest BCUT2D eigenvalue weighted by Gasteiger charge is -2.14. The number of para-hydroxylation sites is 6. The fraction of sp³-hybridized carbons (Fsp3) is 0. The van der Waals surface area contributed by atoms with Gasteiger partial charge in [0.15, 0.2) is 46.1 Å². The molecule has 23 rings (SSSR count). The second-order valence-electron chi connectivity index (χ2n) is 27.9. The molecule has 0 aliphatic rings. The highest BCUT2D eigenvalue weighted by atomic mass is 16.3. The maximum absolute atomic E-state index is 7.15. The fourth-order valence-corrected chi connectivity index (χ4v) is 17.0. The molecule has 0 aliphatic carbocycles. The standard InChI is InChI=1S/C98H56N8O3/c1-3-23-57(24-4-1)64-30-9-10-33-68(64)95-101-94(102-97(103-95)74-50-53-81(91-89(74)72-37-15-20-44-85(72)108-91)105-77-40-16-11-34-69(77)86-65-31-8-7-25-58(65)47-51-79(86)105)63-29-21-28-61(55-63)62-46-45-59-48-52-80-87(76(59)56-62)70-35-12-17-41-78(70)106(80)82-54-49-73(88-71-36-14-19-43-84(71)109-92(82)88)96-99-93(60-26-5-2-6-27-60)100-98(104-96)75-39-22-38-67-66-32-13-18-42-83(66)107-90(67)75/h1-56H. The zero-order valence-corrected chi connectivity index (χ0v) is 58.1. The molecular formula is C98H56N8O3. The Morgan fingerprint density at radius 3 is 1.23 bits per heavy atom. The summed E-state index contributed by atoms with van der Waals surface area (Å²) in [4.78, 5) is 32.5. The topological polar surface area (TPSA) is 127 Å². The Balaban J connectivity index is 0.686. The Kier molecular flexibility index (Phi) is 13.2. The number of nitrogens with zero attached hydrogens (tertiary/aromatic N) is 8. The van der Waals surface area contributed by atoms with Gasteiger partial charge in [0, 0.05) is 81.7 Å². The summed E-state index contributed by atoms with van der Waals surface area (Å²) in [6, 6.07) is 119. The van der Waals surface area contributed by atoms with Crippen molar-refractivity contribution in [3.8, 4) is 102 Å². The first kappa shape index (κ1) is 60.5. The van der Waals surface area contributed by atoms with E-state index < -0.39 is 0 Å². The van der Waals surface area contributed by atoms with Gasteiger partial charge in [-0.1, -0.05) is 255 Å². The Hall–Kier alpha value is -14.9. The summed E-state index contributed by atoms with van der Waals surface area (Å²) < 4.78 is 25.6. The molecule has 506 valence electrons. The van der Waals surface area contributed by atoms with Crippen LogP contribution in [-0.2, 0) is 0 Å². The SMILES string of the molecule is c1ccc(-c2nc(-c3cccc4c3oc3ccccc34)nc(-c3ccc(-n4c5ccccc5c5c6cc(-c7cccc(-c8nc(-c9ccccc9-c9ccccc9)nc(-c9ccc(-n%10c%11ccccc%11c%11c%12ccccc%12ccc%11%10)c%10oc%11ccccc%11c9%10)n8)c7)ccc6ccc54)c4oc5ccccc5c34)n2)cc1.